The summed E-state index contributed by atoms with van der Waals surface area (Å²) >= 11 is 0. The summed E-state index contributed by atoms with van der Waals surface area (Å²) in [6.45, 7) is -3.22. The quantitative estimate of drug-likeness (QED) is 0.876. The number of carboxylic acids is 1. The summed E-state index contributed by atoms with van der Waals surface area (Å²) in [4.78, 5) is 23.1. The number of nitrogens with one attached hydrogen (secondary N) is 1. The van der Waals surface area contributed by atoms with Gasteiger partial charge in [0.15, 0.2) is 11.4 Å². The minimum atomic E-state index is -3.22. The van der Waals surface area contributed by atoms with Crippen LogP contribution in [0, 0.1) is 5.82 Å². The Balaban J connectivity index is 2.32. The standard InChI is InChI=1S/C13H10F3N3O4/c1-19-5-7(10(18-19)12(21)22)11(20)17-8-3-2-6(14)4-9(8)23-13(15)16/h2-5,13H,1H3,(H,17,20)(H,21,22). The fraction of sp³-hybridized carbons (Fsp3) is 0.154. The molecule has 10 heteroatoms. The van der Waals surface area contributed by atoms with Crippen molar-refractivity contribution in [2.45, 2.75) is 6.61 Å². The third kappa shape index (κ3) is 3.78. The SMILES string of the molecule is Cn1cc(C(=O)Nc2ccc(F)cc2OC(F)F)c(C(=O)O)n1. The van der Waals surface area contributed by atoms with E-state index in [1.165, 1.54) is 7.05 Å². The van der Waals surface area contributed by atoms with Crippen LogP contribution in [-0.2, 0) is 7.05 Å². The molecule has 7 nitrogen and oxygen atoms in total. The van der Waals surface area contributed by atoms with Gasteiger partial charge in [0, 0.05) is 19.3 Å². The zero-order chi connectivity index (χ0) is 17.1. The van der Waals surface area contributed by atoms with Gasteiger partial charge >= 0.3 is 12.6 Å². The molecule has 0 radical (unpaired) electrons. The smallest absolute Gasteiger partial charge is 0.387 e. The molecule has 2 aromatic rings. The number of aryl methyl sites for hydroxylation is 1. The third-order valence-corrected chi connectivity index (χ3v) is 2.68. The molecule has 0 atom stereocenters. The Labute approximate surface area is 127 Å². The molecule has 122 valence electrons. The maximum atomic E-state index is 13.1. The van der Waals surface area contributed by atoms with E-state index in [1.807, 2.05) is 0 Å². The highest BCUT2D eigenvalue weighted by atomic mass is 19.3. The van der Waals surface area contributed by atoms with Crippen LogP contribution in [0.15, 0.2) is 24.4 Å². The minimum absolute atomic E-state index is 0.239. The van der Waals surface area contributed by atoms with Crippen LogP contribution in [0.1, 0.15) is 20.8 Å². The number of aromatic nitrogens is 2. The molecule has 0 saturated carbocycles. The summed E-state index contributed by atoms with van der Waals surface area (Å²) in [5.41, 5.74) is -1.03. The number of hydrogen-bond donors (Lipinski definition) is 2. The number of carbonyl (C=O) groups excluding carboxylic acids is 1. The zero-order valence-electron chi connectivity index (χ0n) is 11.6. The average molecular weight is 329 g/mol. The van der Waals surface area contributed by atoms with Gasteiger partial charge in [-0.3, -0.25) is 9.48 Å². The van der Waals surface area contributed by atoms with Crippen LogP contribution >= 0.6 is 0 Å². The molecule has 0 spiro atoms. The van der Waals surface area contributed by atoms with E-state index in [9.17, 15) is 22.8 Å². The maximum Gasteiger partial charge on any atom is 0.387 e. The minimum Gasteiger partial charge on any atom is -0.476 e. The number of carbonyl (C=O) groups is 2. The molecule has 0 unspecified atom stereocenters. The summed E-state index contributed by atoms with van der Waals surface area (Å²) in [5.74, 6) is -3.78. The van der Waals surface area contributed by atoms with E-state index < -0.39 is 35.7 Å². The van der Waals surface area contributed by atoms with Gasteiger partial charge in [0.1, 0.15) is 5.82 Å². The van der Waals surface area contributed by atoms with Crippen molar-refractivity contribution in [2.75, 3.05) is 5.32 Å². The highest BCUT2D eigenvalue weighted by Gasteiger charge is 2.22. The molecule has 0 aliphatic heterocycles. The average Bonchev–Trinajstić information content (AvgIpc) is 2.83. The monoisotopic (exact) mass is 329 g/mol. The lowest BCUT2D eigenvalue weighted by molar-refractivity contribution is -0.0495. The second-order valence-corrected chi connectivity index (χ2v) is 4.34. The summed E-state index contributed by atoms with van der Waals surface area (Å²) < 4.78 is 43.0. The number of benzene rings is 1. The molecule has 0 aliphatic rings. The Hall–Kier alpha value is -3.04. The number of amides is 1. The van der Waals surface area contributed by atoms with Crippen LogP contribution in [0.3, 0.4) is 0 Å². The predicted molar refractivity (Wildman–Crippen MR) is 71.2 cm³/mol. The molecular formula is C13H10F3N3O4. The molecule has 1 amide bonds. The summed E-state index contributed by atoms with van der Waals surface area (Å²) in [5, 5.41) is 14.8. The van der Waals surface area contributed by atoms with E-state index in [0.29, 0.717) is 6.07 Å². The lowest BCUT2D eigenvalue weighted by atomic mass is 10.2. The van der Waals surface area contributed by atoms with Crippen molar-refractivity contribution in [1.29, 1.82) is 0 Å². The molecular weight excluding hydrogens is 319 g/mol. The zero-order valence-corrected chi connectivity index (χ0v) is 11.6. The Morgan fingerprint density at radius 3 is 2.70 bits per heavy atom. The van der Waals surface area contributed by atoms with Gasteiger partial charge in [-0.15, -0.1) is 0 Å². The molecule has 1 aromatic carbocycles. The van der Waals surface area contributed by atoms with E-state index in [-0.39, 0.29) is 11.3 Å². The van der Waals surface area contributed by atoms with Crippen LogP contribution in [0.2, 0.25) is 0 Å². The number of nitrogens with zero attached hydrogens (tertiary/aromatic N) is 2. The first-order chi connectivity index (χ1) is 10.8. The number of rotatable bonds is 5. The van der Waals surface area contributed by atoms with Gasteiger partial charge in [-0.05, 0) is 12.1 Å². The largest absolute Gasteiger partial charge is 0.476 e. The number of carboxylic acid groups (broad SMARTS) is 1. The van der Waals surface area contributed by atoms with E-state index in [2.05, 4.69) is 15.2 Å². The Bertz CT molecular complexity index is 761. The van der Waals surface area contributed by atoms with Crippen LogP contribution < -0.4 is 10.1 Å². The number of alkyl halides is 2. The van der Waals surface area contributed by atoms with E-state index >= 15 is 0 Å². The first-order valence-corrected chi connectivity index (χ1v) is 6.10. The maximum absolute atomic E-state index is 13.1. The van der Waals surface area contributed by atoms with Gasteiger partial charge in [0.05, 0.1) is 11.3 Å². The molecule has 2 N–H and O–H groups in total. The van der Waals surface area contributed by atoms with Crippen molar-refractivity contribution in [3.05, 3.63) is 41.5 Å². The second kappa shape index (κ2) is 6.38. The summed E-state index contributed by atoms with van der Waals surface area (Å²) in [7, 11) is 1.41. The lowest BCUT2D eigenvalue weighted by Gasteiger charge is -2.11. The third-order valence-electron chi connectivity index (χ3n) is 2.68. The van der Waals surface area contributed by atoms with E-state index in [0.717, 1.165) is 23.0 Å². The van der Waals surface area contributed by atoms with Gasteiger partial charge in [0.2, 0.25) is 0 Å². The van der Waals surface area contributed by atoms with Gasteiger partial charge < -0.3 is 15.2 Å². The van der Waals surface area contributed by atoms with Crippen LogP contribution in [-0.4, -0.2) is 33.4 Å². The van der Waals surface area contributed by atoms with Crippen molar-refractivity contribution in [2.24, 2.45) is 7.05 Å². The van der Waals surface area contributed by atoms with Crippen LogP contribution in [0.25, 0.3) is 0 Å². The normalized spacial score (nSPS) is 10.7. The molecule has 0 aliphatic carbocycles. The number of ether oxygens (including phenoxy) is 1. The lowest BCUT2D eigenvalue weighted by Crippen LogP contribution is -2.16. The van der Waals surface area contributed by atoms with Crippen LogP contribution in [0.5, 0.6) is 5.75 Å². The van der Waals surface area contributed by atoms with Gasteiger partial charge in [-0.2, -0.15) is 13.9 Å². The molecule has 0 saturated heterocycles. The van der Waals surface area contributed by atoms with Crippen molar-refractivity contribution in [1.82, 2.24) is 9.78 Å². The van der Waals surface area contributed by atoms with Gasteiger partial charge in [-0.1, -0.05) is 0 Å². The molecule has 1 heterocycles. The fourth-order valence-corrected chi connectivity index (χ4v) is 1.80. The molecule has 1 aromatic heterocycles. The van der Waals surface area contributed by atoms with Gasteiger partial charge in [-0.25, -0.2) is 9.18 Å². The van der Waals surface area contributed by atoms with Crippen LogP contribution in [0.4, 0.5) is 18.9 Å². The van der Waals surface area contributed by atoms with Crippen molar-refractivity contribution in [3.63, 3.8) is 0 Å². The first-order valence-electron chi connectivity index (χ1n) is 6.10. The molecule has 0 bridgehead atoms. The topological polar surface area (TPSA) is 93.5 Å². The summed E-state index contributed by atoms with van der Waals surface area (Å²) in [6, 6.07) is 2.61. The number of anilines is 1. The van der Waals surface area contributed by atoms with Crippen molar-refractivity contribution in [3.8, 4) is 5.75 Å². The number of aromatic carboxylic acids is 1. The highest BCUT2D eigenvalue weighted by Crippen LogP contribution is 2.27. The Kier molecular flexibility index (Phi) is 4.53. The van der Waals surface area contributed by atoms with Crippen molar-refractivity contribution < 1.29 is 32.6 Å². The van der Waals surface area contributed by atoms with E-state index in [1.54, 1.807) is 0 Å². The number of halogens is 3. The second-order valence-electron chi connectivity index (χ2n) is 4.34. The molecule has 2 rings (SSSR count). The highest BCUT2D eigenvalue weighted by molar-refractivity contribution is 6.10. The summed E-state index contributed by atoms with van der Waals surface area (Å²) in [6.07, 6.45) is 1.15. The Morgan fingerprint density at radius 1 is 1.39 bits per heavy atom. The van der Waals surface area contributed by atoms with Gasteiger partial charge in [0.25, 0.3) is 5.91 Å². The number of hydrogen-bond acceptors (Lipinski definition) is 4. The molecule has 0 fully saturated rings. The predicted octanol–water partition coefficient (Wildman–Crippen LogP) is 2.11. The molecule has 23 heavy (non-hydrogen) atoms. The van der Waals surface area contributed by atoms with Crippen molar-refractivity contribution >= 4 is 17.6 Å². The Morgan fingerprint density at radius 2 is 2.09 bits per heavy atom. The fourth-order valence-electron chi connectivity index (χ4n) is 1.80. The van der Waals surface area contributed by atoms with E-state index in [4.69, 9.17) is 5.11 Å². The first kappa shape index (κ1) is 16.3.